The van der Waals surface area contributed by atoms with Gasteiger partial charge in [-0.3, -0.25) is 11.8 Å². The minimum atomic E-state index is -0.783. The first-order chi connectivity index (χ1) is 37.6. The predicted octanol–water partition coefficient (Wildman–Crippen LogP) is 17.2. The molecule has 14 rings (SSSR count). The third-order valence-electron chi connectivity index (χ3n) is 14.7. The van der Waals surface area contributed by atoms with Gasteiger partial charge >= 0.3 is 44.8 Å². The Morgan fingerprint density at radius 2 is 0.410 bits per heavy atom. The molecule has 0 aliphatic rings. The van der Waals surface area contributed by atoms with Crippen molar-refractivity contribution in [3.8, 4) is 11.8 Å². The van der Waals surface area contributed by atoms with Crippen LogP contribution >= 0.6 is 15.8 Å². The van der Waals surface area contributed by atoms with Crippen LogP contribution in [0, 0.1) is 24.7 Å². The number of hydrogen-bond donors (Lipinski definition) is 0. The average molecular weight is 1220 g/mol. The largest absolute Gasteiger partial charge is 1.00 e. The van der Waals surface area contributed by atoms with Crippen molar-refractivity contribution < 1.29 is 44.8 Å². The van der Waals surface area contributed by atoms with Crippen molar-refractivity contribution in [2.75, 3.05) is 12.3 Å². The Labute approximate surface area is 491 Å². The molecule has 0 aliphatic carbocycles. The molecule has 0 nitrogen and oxygen atoms in total. The van der Waals surface area contributed by atoms with Crippen molar-refractivity contribution in [3.05, 3.63) is 303 Å². The zero-order chi connectivity index (χ0) is 51.2. The Hall–Kier alpha value is -7.38. The molecule has 0 aliphatic heterocycles. The molecule has 0 fully saturated rings. The molecule has 378 valence electrons. The van der Waals surface area contributed by atoms with Crippen LogP contribution in [0.3, 0.4) is 0 Å². The molecule has 0 radical (unpaired) electrons. The van der Waals surface area contributed by atoms with Gasteiger partial charge in [0.2, 0.25) is 0 Å². The van der Waals surface area contributed by atoms with E-state index >= 15 is 0 Å². The maximum atomic E-state index is 7.87. The normalized spacial score (nSPS) is 10.9. The van der Waals surface area contributed by atoms with Crippen LogP contribution in [0.4, 0.5) is 0 Å². The summed E-state index contributed by atoms with van der Waals surface area (Å²) in [6.07, 6.45) is 18.3. The first-order valence-electron chi connectivity index (χ1n) is 25.9. The van der Waals surface area contributed by atoms with Gasteiger partial charge in [0, 0.05) is 0 Å². The van der Waals surface area contributed by atoms with Crippen LogP contribution < -0.4 is 21.2 Å². The van der Waals surface area contributed by atoms with E-state index in [4.69, 9.17) is 12.8 Å². The fourth-order valence-corrected chi connectivity index (χ4v) is 17.2. The summed E-state index contributed by atoms with van der Waals surface area (Å²) in [4.78, 5) is 0. The van der Waals surface area contributed by atoms with Gasteiger partial charge in [0.15, 0.2) is 0 Å². The molecule has 0 spiro atoms. The summed E-state index contributed by atoms with van der Waals surface area (Å²) in [6.45, 7) is 0. The summed E-state index contributed by atoms with van der Waals surface area (Å²) < 4.78 is 0. The van der Waals surface area contributed by atoms with Crippen molar-refractivity contribution in [2.45, 2.75) is 0 Å². The third kappa shape index (κ3) is 11.4. The number of benzene rings is 14. The molecule has 4 heteroatoms. The first kappa shape index (κ1) is 54.0. The van der Waals surface area contributed by atoms with E-state index in [0.717, 1.165) is 54.2 Å². The van der Waals surface area contributed by atoms with E-state index in [2.05, 4.69) is 291 Å². The van der Waals surface area contributed by atoms with Gasteiger partial charge in [0.25, 0.3) is 0 Å². The molecule has 14 aromatic rings. The van der Waals surface area contributed by atoms with Crippen molar-refractivity contribution in [2.24, 2.45) is 0 Å². The maximum Gasteiger partial charge on any atom is 1.00 e. The van der Waals surface area contributed by atoms with E-state index in [9.17, 15) is 0 Å². The van der Waals surface area contributed by atoms with Gasteiger partial charge in [-0.1, -0.05) is 216 Å². The number of hydrogen-bond acceptors (Lipinski definition) is 0. The van der Waals surface area contributed by atoms with Crippen LogP contribution in [0.5, 0.6) is 0 Å². The number of rotatable bonds is 7. The molecule has 78 heavy (non-hydrogen) atoms. The van der Waals surface area contributed by atoms with Crippen LogP contribution in [-0.2, 0) is 44.8 Å². The zero-order valence-corrected chi connectivity index (χ0v) is 47.5. The summed E-state index contributed by atoms with van der Waals surface area (Å²) in [5, 5.41) is 24.7. The van der Waals surface area contributed by atoms with Gasteiger partial charge in [-0.2, -0.15) is 0 Å². The zero-order valence-electron chi connectivity index (χ0n) is 42.6. The molecule has 0 saturated heterocycles. The standard InChI is InChI=1S/C26H24P2.2C24H13.2Ag/c1-5-13-23(14-6-1)27(24-15-7-2-8-16-24)21-22-28(25-17-9-3-10-18-25)26-19-11-4-12-20-26;2*1-2-22-23-14-18-9-5-3-7-16(18)11-20(23)13-21-12-17-8-4-6-10-19(17)15-24(21)22;;/h1-20H,21-22H2;2*3-15H;;/q;2*-1;2*+1/p+2. The van der Waals surface area contributed by atoms with Crippen LogP contribution in [0.15, 0.2) is 279 Å². The van der Waals surface area contributed by atoms with Crippen LogP contribution in [0.2, 0.25) is 0 Å². The second kappa shape index (κ2) is 25.0. The van der Waals surface area contributed by atoms with Gasteiger partial charge in [-0.15, -0.1) is 11.1 Å². The molecule has 14 aromatic carbocycles. The Morgan fingerprint density at radius 3 is 0.615 bits per heavy atom. The van der Waals surface area contributed by atoms with Crippen molar-refractivity contribution in [1.29, 1.82) is 0 Å². The van der Waals surface area contributed by atoms with E-state index < -0.39 is 15.8 Å². The molecule has 0 saturated carbocycles. The summed E-state index contributed by atoms with van der Waals surface area (Å²) in [5.74, 6) is 5.38. The second-order valence-electron chi connectivity index (χ2n) is 19.4. The summed E-state index contributed by atoms with van der Waals surface area (Å²) in [5.41, 5.74) is 1.75. The molecule has 0 aromatic heterocycles. The minimum absolute atomic E-state index is 0. The van der Waals surface area contributed by atoms with Gasteiger partial charge < -0.3 is 12.8 Å². The van der Waals surface area contributed by atoms with Crippen molar-refractivity contribution >= 4 is 123 Å². The van der Waals surface area contributed by atoms with Gasteiger partial charge in [-0.25, -0.2) is 0 Å². The van der Waals surface area contributed by atoms with E-state index in [1.54, 1.807) is 0 Å². The Morgan fingerprint density at radius 1 is 0.231 bits per heavy atom. The molecule has 0 unspecified atom stereocenters. The smallest absolute Gasteiger partial charge is 0.366 e. The molecular formula is C74H52Ag2P2+2. The van der Waals surface area contributed by atoms with E-state index in [1.165, 1.54) is 76.6 Å². The third-order valence-corrected chi connectivity index (χ3v) is 20.9. The summed E-state index contributed by atoms with van der Waals surface area (Å²) >= 11 is 0. The Balaban J connectivity index is 0.000000131. The van der Waals surface area contributed by atoms with E-state index in [1.807, 2.05) is 0 Å². The van der Waals surface area contributed by atoms with Crippen LogP contribution in [-0.4, -0.2) is 12.3 Å². The van der Waals surface area contributed by atoms with Gasteiger partial charge in [-0.05, 0) is 150 Å². The monoisotopic (exact) mass is 1220 g/mol. The molecule has 0 amide bonds. The first-order valence-corrected chi connectivity index (χ1v) is 29.3. The van der Waals surface area contributed by atoms with E-state index in [-0.39, 0.29) is 44.8 Å². The maximum absolute atomic E-state index is 7.87. The molecule has 0 bridgehead atoms. The molecule has 0 heterocycles. The molecule has 0 N–H and O–H groups in total. The summed E-state index contributed by atoms with van der Waals surface area (Å²) in [7, 11) is -1.57. The second-order valence-corrected chi connectivity index (χ2v) is 24.6. The molecular weight excluding hydrogens is 1170 g/mol. The molecule has 0 atom stereocenters. The predicted molar refractivity (Wildman–Crippen MR) is 336 cm³/mol. The quantitative estimate of drug-likeness (QED) is 0.0490. The van der Waals surface area contributed by atoms with Gasteiger partial charge in [0.05, 0.1) is 37.1 Å². The van der Waals surface area contributed by atoms with E-state index in [0.29, 0.717) is 0 Å². The topological polar surface area (TPSA) is 0 Å². The SMILES string of the molecule is [Ag+].[Ag+].[C-]#Cc1c2cc3ccccc3cc2cc2cc3ccccc3cc12.[C-]#Cc1c2cc3ccccc3cc2cc2cc3ccccc3cc12.c1ccc([PH+](CC[PH+](c2ccccc2)c2ccccc2)c2ccccc2)cc1. The Bertz CT molecular complexity index is 3930. The fraction of sp³-hybridized carbons (Fsp3) is 0.0270. The van der Waals surface area contributed by atoms with Crippen molar-refractivity contribution in [3.63, 3.8) is 0 Å². The fourth-order valence-electron chi connectivity index (χ4n) is 11.0. The van der Waals surface area contributed by atoms with Crippen LogP contribution in [0.1, 0.15) is 11.1 Å². The minimum Gasteiger partial charge on any atom is -0.366 e. The number of fused-ring (bicyclic) bond motifs is 8. The van der Waals surface area contributed by atoms with Crippen LogP contribution in [0.25, 0.3) is 86.2 Å². The summed E-state index contributed by atoms with van der Waals surface area (Å²) in [6, 6.07) is 100.0. The Kier molecular flexibility index (Phi) is 17.3. The van der Waals surface area contributed by atoms with Crippen molar-refractivity contribution in [1.82, 2.24) is 0 Å². The average Bonchev–Trinajstić information content (AvgIpc) is 3.52. The van der Waals surface area contributed by atoms with Gasteiger partial charge in [0.1, 0.15) is 12.3 Å².